The zero-order chi connectivity index (χ0) is 19.3. The van der Waals surface area contributed by atoms with Gasteiger partial charge in [0.15, 0.2) is 0 Å². The third kappa shape index (κ3) is 2.55. The highest BCUT2D eigenvalue weighted by atomic mass is 16.1. The van der Waals surface area contributed by atoms with Crippen molar-refractivity contribution in [2.24, 2.45) is 7.05 Å². The van der Waals surface area contributed by atoms with E-state index >= 15 is 0 Å². The summed E-state index contributed by atoms with van der Waals surface area (Å²) in [5, 5.41) is 10.3. The highest BCUT2D eigenvalue weighted by Crippen LogP contribution is 2.27. The van der Waals surface area contributed by atoms with E-state index in [-0.39, 0.29) is 5.69 Å². The van der Waals surface area contributed by atoms with Crippen LogP contribution in [0.3, 0.4) is 0 Å². The van der Waals surface area contributed by atoms with Gasteiger partial charge in [-0.05, 0) is 37.6 Å². The number of nitriles is 1. The third-order valence-corrected chi connectivity index (χ3v) is 5.17. The van der Waals surface area contributed by atoms with Crippen LogP contribution in [-0.4, -0.2) is 22.0 Å². The predicted octanol–water partition coefficient (Wildman–Crippen LogP) is 1.94. The van der Waals surface area contributed by atoms with Crippen molar-refractivity contribution in [2.45, 2.75) is 19.3 Å². The van der Waals surface area contributed by atoms with Crippen LogP contribution < -0.4 is 11.2 Å². The topological polar surface area (TPSA) is 63.6 Å². The summed E-state index contributed by atoms with van der Waals surface area (Å²) < 4.78 is 3.35. The maximum atomic E-state index is 13.0. The molecule has 4 rings (SSSR count). The number of imidazole rings is 1. The fourth-order valence-electron chi connectivity index (χ4n) is 3.44. The minimum Gasteiger partial charge on any atom is -0.293 e. The van der Waals surface area contributed by atoms with Crippen LogP contribution >= 0.6 is 0 Å². The molecule has 6 heteroatoms. The molecule has 2 heterocycles. The molecule has 0 saturated carbocycles. The maximum Gasteiger partial charge on any atom is 0.333 e. The average Bonchev–Trinajstić information content (AvgIpc) is 2.93. The van der Waals surface area contributed by atoms with Crippen LogP contribution in [0.25, 0.3) is 27.6 Å². The molecular formula is C21H19BN4O. The molecular weight excluding hydrogens is 335 g/mol. The molecule has 4 aromatic rings. The quantitative estimate of drug-likeness (QED) is 0.517. The lowest BCUT2D eigenvalue weighted by atomic mass is 9.86. The monoisotopic (exact) mass is 354 g/mol. The third-order valence-electron chi connectivity index (χ3n) is 5.17. The summed E-state index contributed by atoms with van der Waals surface area (Å²) in [6, 6.07) is 16.0. The molecule has 0 spiro atoms. The van der Waals surface area contributed by atoms with E-state index < -0.39 is 5.41 Å². The summed E-state index contributed by atoms with van der Waals surface area (Å²) in [5.41, 5.74) is 4.62. The lowest BCUT2D eigenvalue weighted by Gasteiger charge is -2.16. The molecule has 0 unspecified atom stereocenters. The molecule has 0 N–H and O–H groups in total. The Morgan fingerprint density at radius 2 is 1.85 bits per heavy atom. The van der Waals surface area contributed by atoms with E-state index in [9.17, 15) is 10.1 Å². The second-order valence-corrected chi connectivity index (χ2v) is 7.47. The Bertz CT molecular complexity index is 1290. The Morgan fingerprint density at radius 1 is 1.15 bits per heavy atom. The first-order chi connectivity index (χ1) is 12.8. The molecule has 0 saturated heterocycles. The zero-order valence-corrected chi connectivity index (χ0v) is 15.8. The van der Waals surface area contributed by atoms with Crippen LogP contribution in [0.15, 0.2) is 53.5 Å². The van der Waals surface area contributed by atoms with Crippen LogP contribution in [0, 0.1) is 11.3 Å². The molecule has 0 radical (unpaired) electrons. The van der Waals surface area contributed by atoms with Crippen molar-refractivity contribution in [1.29, 1.82) is 5.26 Å². The number of aryl methyl sites for hydroxylation is 1. The summed E-state index contributed by atoms with van der Waals surface area (Å²) in [4.78, 5) is 17.5. The van der Waals surface area contributed by atoms with Gasteiger partial charge in [0.25, 0.3) is 0 Å². The number of nitrogens with zero attached hydrogens (tertiary/aromatic N) is 4. The smallest absolute Gasteiger partial charge is 0.293 e. The summed E-state index contributed by atoms with van der Waals surface area (Å²) >= 11 is 0. The normalized spacial score (nSPS) is 11.8. The average molecular weight is 354 g/mol. The first-order valence-electron chi connectivity index (χ1n) is 8.82. The largest absolute Gasteiger partial charge is 0.333 e. The van der Waals surface area contributed by atoms with Gasteiger partial charge >= 0.3 is 5.69 Å². The van der Waals surface area contributed by atoms with Crippen molar-refractivity contribution in [3.63, 3.8) is 0 Å². The second kappa shape index (κ2) is 5.85. The zero-order valence-electron chi connectivity index (χ0n) is 15.8. The standard InChI is InChI=1S/C21H19BN4O/c1-21(2,12-23)13-4-7-15(8-5-13)26-19-16-10-14(22)6-9-17(16)24-11-18(19)25(3)20(26)27/h4-11H,22H2,1-3H3. The fraction of sp³-hybridized carbons (Fsp3) is 0.190. The van der Waals surface area contributed by atoms with E-state index in [1.165, 1.54) is 0 Å². The van der Waals surface area contributed by atoms with Gasteiger partial charge in [-0.3, -0.25) is 14.1 Å². The summed E-state index contributed by atoms with van der Waals surface area (Å²) in [6.07, 6.45) is 1.75. The van der Waals surface area contributed by atoms with Gasteiger partial charge in [0.05, 0.1) is 39.9 Å². The SMILES string of the molecule is Bc1ccc2ncc3c(c2c1)n(-c1ccc(C(C)(C)C#N)cc1)c(=O)n3C. The minimum atomic E-state index is -0.573. The number of hydrogen-bond donors (Lipinski definition) is 0. The number of aromatic nitrogens is 3. The number of hydrogen-bond acceptors (Lipinski definition) is 3. The van der Waals surface area contributed by atoms with E-state index in [0.717, 1.165) is 38.6 Å². The van der Waals surface area contributed by atoms with Crippen molar-refractivity contribution in [2.75, 3.05) is 0 Å². The minimum absolute atomic E-state index is 0.118. The summed E-state index contributed by atoms with van der Waals surface area (Å²) in [6.45, 7) is 3.77. The van der Waals surface area contributed by atoms with Gasteiger partial charge in [-0.25, -0.2) is 4.79 Å². The first-order valence-corrected chi connectivity index (χ1v) is 8.82. The molecule has 0 aliphatic carbocycles. The van der Waals surface area contributed by atoms with E-state index in [1.54, 1.807) is 22.4 Å². The molecule has 2 aromatic heterocycles. The van der Waals surface area contributed by atoms with Gasteiger partial charge in [0.2, 0.25) is 0 Å². The van der Waals surface area contributed by atoms with Crippen LogP contribution in [0.4, 0.5) is 0 Å². The number of fused-ring (bicyclic) bond motifs is 3. The molecule has 132 valence electrons. The number of rotatable bonds is 2. The van der Waals surface area contributed by atoms with Crippen LogP contribution in [0.5, 0.6) is 0 Å². The lowest BCUT2D eigenvalue weighted by molar-refractivity contribution is 0.686. The van der Waals surface area contributed by atoms with Crippen molar-refractivity contribution < 1.29 is 0 Å². The molecule has 5 nitrogen and oxygen atoms in total. The second-order valence-electron chi connectivity index (χ2n) is 7.47. The Balaban J connectivity index is 2.05. The number of benzene rings is 2. The van der Waals surface area contributed by atoms with Crippen molar-refractivity contribution >= 4 is 35.2 Å². The molecule has 0 bridgehead atoms. The van der Waals surface area contributed by atoms with Gasteiger partial charge in [-0.2, -0.15) is 5.26 Å². The van der Waals surface area contributed by atoms with Crippen molar-refractivity contribution in [3.8, 4) is 11.8 Å². The first kappa shape index (κ1) is 17.1. The maximum absolute atomic E-state index is 13.0. The highest BCUT2D eigenvalue weighted by molar-refractivity contribution is 6.33. The Hall–Kier alpha value is -3.33. The lowest BCUT2D eigenvalue weighted by Crippen LogP contribution is -2.21. The summed E-state index contributed by atoms with van der Waals surface area (Å²) in [7, 11) is 3.79. The van der Waals surface area contributed by atoms with E-state index in [2.05, 4.69) is 17.1 Å². The Labute approximate surface area is 157 Å². The van der Waals surface area contributed by atoms with Crippen LogP contribution in [0.1, 0.15) is 19.4 Å². The molecule has 0 atom stereocenters. The van der Waals surface area contributed by atoms with Gasteiger partial charge in [-0.15, -0.1) is 0 Å². The summed E-state index contributed by atoms with van der Waals surface area (Å²) in [5.74, 6) is 0. The molecule has 0 aliphatic rings. The molecule has 27 heavy (non-hydrogen) atoms. The van der Waals surface area contributed by atoms with Crippen molar-refractivity contribution in [1.82, 2.24) is 14.1 Å². The number of pyridine rings is 1. The van der Waals surface area contributed by atoms with E-state index in [0.29, 0.717) is 0 Å². The van der Waals surface area contributed by atoms with Gasteiger partial charge in [-0.1, -0.05) is 29.7 Å². The van der Waals surface area contributed by atoms with Crippen LogP contribution in [-0.2, 0) is 12.5 Å². The van der Waals surface area contributed by atoms with Gasteiger partial charge in [0.1, 0.15) is 7.85 Å². The van der Waals surface area contributed by atoms with E-state index in [4.69, 9.17) is 0 Å². The van der Waals surface area contributed by atoms with Gasteiger partial charge in [0, 0.05) is 12.4 Å². The molecule has 0 amide bonds. The Morgan fingerprint density at radius 3 is 2.52 bits per heavy atom. The van der Waals surface area contributed by atoms with E-state index in [1.807, 2.05) is 58.1 Å². The molecule has 2 aromatic carbocycles. The van der Waals surface area contributed by atoms with Gasteiger partial charge < -0.3 is 0 Å². The molecule has 0 aliphatic heterocycles. The predicted molar refractivity (Wildman–Crippen MR) is 111 cm³/mol. The highest BCUT2D eigenvalue weighted by Gasteiger charge is 2.20. The van der Waals surface area contributed by atoms with Crippen molar-refractivity contribution in [3.05, 3.63) is 64.7 Å². The van der Waals surface area contributed by atoms with Crippen LogP contribution in [0.2, 0.25) is 0 Å². The fourth-order valence-corrected chi connectivity index (χ4v) is 3.44. The Kier molecular flexibility index (Phi) is 3.71. The molecule has 0 fully saturated rings.